The Balaban J connectivity index is 1.39. The summed E-state index contributed by atoms with van der Waals surface area (Å²) in [4.78, 5) is 32.7. The Morgan fingerprint density at radius 2 is 1.97 bits per heavy atom. The van der Waals surface area contributed by atoms with Gasteiger partial charge in [-0.2, -0.15) is 5.10 Å². The minimum atomic E-state index is -0.323. The Hall–Kier alpha value is -3.63. The first-order valence-electron chi connectivity index (χ1n) is 9.82. The number of H-pyrrole nitrogens is 1. The number of amides is 1. The van der Waals surface area contributed by atoms with Crippen molar-refractivity contribution in [1.29, 1.82) is 0 Å². The zero-order chi connectivity index (χ0) is 23.2. The van der Waals surface area contributed by atoms with Gasteiger partial charge in [0.2, 0.25) is 0 Å². The van der Waals surface area contributed by atoms with Gasteiger partial charge in [-0.15, -0.1) is 11.3 Å². The Kier molecular flexibility index (Phi) is 7.06. The van der Waals surface area contributed by atoms with Crippen molar-refractivity contribution in [2.75, 3.05) is 20.0 Å². The van der Waals surface area contributed by atoms with Gasteiger partial charge in [-0.3, -0.25) is 9.59 Å². The average Bonchev–Trinajstić information content (AvgIpc) is 3.28. The lowest BCUT2D eigenvalue weighted by molar-refractivity contribution is -0.118. The predicted octanol–water partition coefficient (Wildman–Crippen LogP) is 3.91. The van der Waals surface area contributed by atoms with Gasteiger partial charge in [-0.05, 0) is 29.3 Å². The molecular formula is C23H20N4O4S2. The van der Waals surface area contributed by atoms with Crippen molar-refractivity contribution in [3.8, 4) is 22.6 Å². The van der Waals surface area contributed by atoms with E-state index in [1.807, 2.05) is 35.7 Å². The lowest BCUT2D eigenvalue weighted by Crippen LogP contribution is -2.20. The summed E-state index contributed by atoms with van der Waals surface area (Å²) in [5, 5.41) is 6.82. The van der Waals surface area contributed by atoms with Gasteiger partial charge < -0.3 is 14.5 Å². The summed E-state index contributed by atoms with van der Waals surface area (Å²) in [5.41, 5.74) is 4.79. The van der Waals surface area contributed by atoms with E-state index in [9.17, 15) is 9.59 Å². The number of carbonyl (C=O) groups is 1. The zero-order valence-corrected chi connectivity index (χ0v) is 19.5. The summed E-state index contributed by atoms with van der Waals surface area (Å²) in [7, 11) is 3.11. The number of hydrogen-bond acceptors (Lipinski definition) is 8. The normalized spacial score (nSPS) is 11.1. The molecule has 4 rings (SSSR count). The van der Waals surface area contributed by atoms with Crippen LogP contribution in [0.15, 0.2) is 69.0 Å². The molecule has 0 aliphatic heterocycles. The van der Waals surface area contributed by atoms with Crippen LogP contribution in [-0.2, 0) is 4.79 Å². The summed E-state index contributed by atoms with van der Waals surface area (Å²) in [6.07, 6.45) is 1.51. The average molecular weight is 481 g/mol. The van der Waals surface area contributed by atoms with E-state index < -0.39 is 0 Å². The smallest absolute Gasteiger partial charge is 0.260 e. The predicted molar refractivity (Wildman–Crippen MR) is 132 cm³/mol. The van der Waals surface area contributed by atoms with Crippen LogP contribution in [0, 0.1) is 0 Å². The number of carbonyl (C=O) groups excluding carboxylic acids is 1. The fraction of sp³-hybridized carbons (Fsp3) is 0.130. The van der Waals surface area contributed by atoms with Crippen LogP contribution < -0.4 is 20.5 Å². The number of hydrogen-bond donors (Lipinski definition) is 2. The highest BCUT2D eigenvalue weighted by Gasteiger charge is 2.13. The van der Waals surface area contributed by atoms with Crippen LogP contribution in [-0.4, -0.2) is 42.1 Å². The monoisotopic (exact) mass is 480 g/mol. The Morgan fingerprint density at radius 1 is 1.18 bits per heavy atom. The van der Waals surface area contributed by atoms with Gasteiger partial charge in [0.25, 0.3) is 11.5 Å². The second-order valence-electron chi connectivity index (χ2n) is 6.76. The quantitative estimate of drug-likeness (QED) is 0.171. The molecule has 2 N–H and O–H groups in total. The third kappa shape index (κ3) is 5.24. The molecule has 0 bridgehead atoms. The Labute approximate surface area is 197 Å². The molecule has 2 aromatic carbocycles. The van der Waals surface area contributed by atoms with Crippen molar-refractivity contribution in [2.24, 2.45) is 5.10 Å². The molecule has 0 atom stereocenters. The summed E-state index contributed by atoms with van der Waals surface area (Å²) in [5.74, 6) is 0.901. The number of nitrogens with zero attached hydrogens (tertiary/aromatic N) is 2. The van der Waals surface area contributed by atoms with Gasteiger partial charge in [-0.1, -0.05) is 42.1 Å². The number of fused-ring (bicyclic) bond motifs is 1. The number of ether oxygens (including phenoxy) is 2. The van der Waals surface area contributed by atoms with Crippen molar-refractivity contribution in [3.63, 3.8) is 0 Å². The van der Waals surface area contributed by atoms with Gasteiger partial charge in [0.05, 0.1) is 31.6 Å². The number of hydrazone groups is 1. The van der Waals surface area contributed by atoms with E-state index >= 15 is 0 Å². The third-order valence-corrected chi connectivity index (χ3v) is 6.40. The minimum absolute atomic E-state index is 0.0502. The number of aromatic nitrogens is 2. The van der Waals surface area contributed by atoms with Gasteiger partial charge in [0.15, 0.2) is 16.7 Å². The number of benzene rings is 2. The van der Waals surface area contributed by atoms with Crippen LogP contribution in [0.2, 0.25) is 0 Å². The highest BCUT2D eigenvalue weighted by Crippen LogP contribution is 2.31. The molecule has 0 spiro atoms. The van der Waals surface area contributed by atoms with Gasteiger partial charge in [0, 0.05) is 10.9 Å². The maximum absolute atomic E-state index is 12.7. The molecule has 2 aromatic heterocycles. The van der Waals surface area contributed by atoms with E-state index in [2.05, 4.69) is 20.5 Å². The largest absolute Gasteiger partial charge is 0.493 e. The molecule has 0 saturated carbocycles. The number of methoxy groups -OCH3 is 2. The molecule has 0 fully saturated rings. The van der Waals surface area contributed by atoms with E-state index in [4.69, 9.17) is 9.47 Å². The lowest BCUT2D eigenvalue weighted by atomic mass is 10.1. The van der Waals surface area contributed by atoms with E-state index in [-0.39, 0.29) is 17.2 Å². The number of aromatic amines is 1. The molecule has 0 aliphatic rings. The van der Waals surface area contributed by atoms with E-state index in [0.717, 1.165) is 28.5 Å². The van der Waals surface area contributed by atoms with Crippen LogP contribution in [0.1, 0.15) is 5.56 Å². The van der Waals surface area contributed by atoms with Crippen molar-refractivity contribution in [3.05, 3.63) is 69.8 Å². The number of thiophene rings is 1. The van der Waals surface area contributed by atoms with E-state index in [1.165, 1.54) is 17.6 Å². The van der Waals surface area contributed by atoms with Crippen LogP contribution in [0.5, 0.6) is 11.5 Å². The summed E-state index contributed by atoms with van der Waals surface area (Å²) < 4.78 is 10.4. The van der Waals surface area contributed by atoms with Crippen LogP contribution in [0.4, 0.5) is 0 Å². The zero-order valence-electron chi connectivity index (χ0n) is 17.8. The topological polar surface area (TPSA) is 106 Å². The molecule has 10 heteroatoms. The molecular weight excluding hydrogens is 460 g/mol. The Bertz CT molecular complexity index is 1370. The lowest BCUT2D eigenvalue weighted by Gasteiger charge is -2.07. The molecule has 0 unspecified atom stereocenters. The molecule has 4 aromatic rings. The highest BCUT2D eigenvalue weighted by molar-refractivity contribution is 7.99. The number of thioether (sulfide) groups is 1. The summed E-state index contributed by atoms with van der Waals surface area (Å²) in [6.45, 7) is 0. The minimum Gasteiger partial charge on any atom is -0.493 e. The maximum atomic E-state index is 12.7. The third-order valence-electron chi connectivity index (χ3n) is 4.66. The maximum Gasteiger partial charge on any atom is 0.260 e. The van der Waals surface area contributed by atoms with E-state index in [0.29, 0.717) is 26.9 Å². The summed E-state index contributed by atoms with van der Waals surface area (Å²) in [6, 6.07) is 15.0. The van der Waals surface area contributed by atoms with Crippen LogP contribution in [0.25, 0.3) is 21.3 Å². The molecule has 1 amide bonds. The SMILES string of the molecule is COc1ccc(/C=N/NC(=O)CSc2nc3scc(-c4ccccc4)c3c(=O)[nH]2)cc1OC. The van der Waals surface area contributed by atoms with Gasteiger partial charge in [0.1, 0.15) is 4.83 Å². The van der Waals surface area contributed by atoms with Gasteiger partial charge in [-0.25, -0.2) is 10.4 Å². The summed E-state index contributed by atoms with van der Waals surface area (Å²) >= 11 is 2.54. The van der Waals surface area contributed by atoms with Crippen molar-refractivity contribution >= 4 is 45.4 Å². The highest BCUT2D eigenvalue weighted by atomic mass is 32.2. The first-order chi connectivity index (χ1) is 16.1. The van der Waals surface area contributed by atoms with Crippen molar-refractivity contribution in [1.82, 2.24) is 15.4 Å². The Morgan fingerprint density at radius 3 is 2.73 bits per heavy atom. The fourth-order valence-corrected chi connectivity index (χ4v) is 4.76. The molecule has 0 aliphatic carbocycles. The first-order valence-corrected chi connectivity index (χ1v) is 11.7. The molecule has 0 radical (unpaired) electrons. The first kappa shape index (κ1) is 22.6. The van der Waals surface area contributed by atoms with Crippen LogP contribution in [0.3, 0.4) is 0 Å². The van der Waals surface area contributed by atoms with Gasteiger partial charge >= 0.3 is 0 Å². The molecule has 33 heavy (non-hydrogen) atoms. The molecule has 168 valence electrons. The van der Waals surface area contributed by atoms with Crippen molar-refractivity contribution < 1.29 is 14.3 Å². The molecule has 8 nitrogen and oxygen atoms in total. The van der Waals surface area contributed by atoms with Crippen LogP contribution >= 0.6 is 23.1 Å². The second kappa shape index (κ2) is 10.3. The number of nitrogens with one attached hydrogen (secondary N) is 2. The standard InChI is InChI=1S/C23H20N4O4S2/c1-30-17-9-8-14(10-18(17)31-2)11-24-27-19(28)13-33-23-25-21(29)20-16(12-32-22(20)26-23)15-6-4-3-5-7-15/h3-12H,13H2,1-2H3,(H,27,28)(H,25,26,29)/b24-11+. The fourth-order valence-electron chi connectivity index (χ4n) is 3.11. The van der Waals surface area contributed by atoms with E-state index in [1.54, 1.807) is 32.4 Å². The molecule has 0 saturated heterocycles. The number of rotatable bonds is 8. The van der Waals surface area contributed by atoms with Crippen molar-refractivity contribution in [2.45, 2.75) is 5.16 Å². The second-order valence-corrected chi connectivity index (χ2v) is 8.59. The molecule has 2 heterocycles.